The van der Waals surface area contributed by atoms with Gasteiger partial charge in [0.05, 0.1) is 5.56 Å². The van der Waals surface area contributed by atoms with E-state index in [0.717, 1.165) is 0 Å². The molecule has 1 aromatic heterocycles. The number of hydrogen-bond acceptors (Lipinski definition) is 6. The Morgan fingerprint density at radius 1 is 1.04 bits per heavy atom. The van der Waals surface area contributed by atoms with Crippen molar-refractivity contribution in [2.24, 2.45) is 5.73 Å². The van der Waals surface area contributed by atoms with Gasteiger partial charge in [0.15, 0.2) is 0 Å². The van der Waals surface area contributed by atoms with Crippen molar-refractivity contribution in [2.45, 2.75) is 6.92 Å². The van der Waals surface area contributed by atoms with Crippen LogP contribution in [0, 0.1) is 6.92 Å². The molecule has 2 amide bonds. The maximum Gasteiger partial charge on any atom is 0.260 e. The summed E-state index contributed by atoms with van der Waals surface area (Å²) in [6, 6.07) is 13.3. The summed E-state index contributed by atoms with van der Waals surface area (Å²) in [6.07, 6.45) is 1.38. The molecule has 136 valence electrons. The van der Waals surface area contributed by atoms with Gasteiger partial charge in [0.25, 0.3) is 11.8 Å². The van der Waals surface area contributed by atoms with Gasteiger partial charge in [-0.25, -0.2) is 9.97 Å². The van der Waals surface area contributed by atoms with Crippen LogP contribution in [0.4, 0.5) is 11.5 Å². The fourth-order valence-electron chi connectivity index (χ4n) is 2.35. The first-order valence-corrected chi connectivity index (χ1v) is 8.01. The van der Waals surface area contributed by atoms with Crippen LogP contribution in [-0.2, 0) is 0 Å². The number of hydrogen-bond donors (Lipinski definition) is 3. The van der Waals surface area contributed by atoms with Crippen molar-refractivity contribution in [2.75, 3.05) is 11.1 Å². The number of aromatic nitrogens is 2. The molecule has 0 aliphatic heterocycles. The third-order valence-corrected chi connectivity index (χ3v) is 3.68. The minimum Gasteiger partial charge on any atom is -0.457 e. The molecule has 8 nitrogen and oxygen atoms in total. The van der Waals surface area contributed by atoms with Gasteiger partial charge in [-0.2, -0.15) is 0 Å². The van der Waals surface area contributed by atoms with Crippen molar-refractivity contribution in [3.05, 3.63) is 71.7 Å². The Morgan fingerprint density at radius 3 is 2.41 bits per heavy atom. The molecule has 0 aliphatic carbocycles. The molecule has 1 heterocycles. The topological polar surface area (TPSA) is 133 Å². The second kappa shape index (κ2) is 7.52. The standard InChI is InChI=1S/C19H17N5O3/c1-11-22-10-15(17(20)23-11)19(26)24-12-6-8-13(9-7-12)27-16-5-3-2-4-14(16)18(21)25/h2-10H,1H3,(H2,21,25)(H,24,26)(H2,20,22,23). The largest absolute Gasteiger partial charge is 0.457 e. The number of anilines is 2. The van der Waals surface area contributed by atoms with Crippen LogP contribution in [0.25, 0.3) is 0 Å². The molecule has 27 heavy (non-hydrogen) atoms. The number of nitrogens with zero attached hydrogens (tertiary/aromatic N) is 2. The summed E-state index contributed by atoms with van der Waals surface area (Å²) in [5.41, 5.74) is 12.1. The zero-order valence-electron chi connectivity index (χ0n) is 14.5. The molecular weight excluding hydrogens is 346 g/mol. The van der Waals surface area contributed by atoms with Crippen LogP contribution in [0.3, 0.4) is 0 Å². The van der Waals surface area contributed by atoms with Crippen molar-refractivity contribution in [1.29, 1.82) is 0 Å². The van der Waals surface area contributed by atoms with E-state index >= 15 is 0 Å². The fourth-order valence-corrected chi connectivity index (χ4v) is 2.35. The Hall–Kier alpha value is -3.94. The number of carbonyl (C=O) groups is 2. The monoisotopic (exact) mass is 363 g/mol. The first kappa shape index (κ1) is 17.9. The van der Waals surface area contributed by atoms with E-state index < -0.39 is 11.8 Å². The van der Waals surface area contributed by atoms with Gasteiger partial charge in [-0.05, 0) is 43.3 Å². The lowest BCUT2D eigenvalue weighted by Gasteiger charge is -2.10. The van der Waals surface area contributed by atoms with Crippen molar-refractivity contribution in [3.8, 4) is 11.5 Å². The van der Waals surface area contributed by atoms with Gasteiger partial charge in [0.1, 0.15) is 28.7 Å². The highest BCUT2D eigenvalue weighted by molar-refractivity contribution is 6.07. The Morgan fingerprint density at radius 2 is 1.74 bits per heavy atom. The van der Waals surface area contributed by atoms with E-state index in [1.54, 1.807) is 55.5 Å². The quantitative estimate of drug-likeness (QED) is 0.638. The highest BCUT2D eigenvalue weighted by Gasteiger charge is 2.13. The van der Waals surface area contributed by atoms with E-state index in [2.05, 4.69) is 15.3 Å². The molecule has 8 heteroatoms. The molecule has 5 N–H and O–H groups in total. The van der Waals surface area contributed by atoms with Crippen molar-refractivity contribution in [1.82, 2.24) is 9.97 Å². The van der Waals surface area contributed by atoms with E-state index in [4.69, 9.17) is 16.2 Å². The molecule has 0 radical (unpaired) electrons. The summed E-state index contributed by atoms with van der Waals surface area (Å²) in [7, 11) is 0. The van der Waals surface area contributed by atoms with Crippen LogP contribution >= 0.6 is 0 Å². The van der Waals surface area contributed by atoms with Crippen molar-refractivity contribution in [3.63, 3.8) is 0 Å². The second-order valence-corrected chi connectivity index (χ2v) is 5.66. The van der Waals surface area contributed by atoms with Gasteiger partial charge in [-0.1, -0.05) is 12.1 Å². The minimum absolute atomic E-state index is 0.114. The fraction of sp³-hybridized carbons (Fsp3) is 0.0526. The number of para-hydroxylation sites is 1. The number of nitrogens with two attached hydrogens (primary N) is 2. The number of amides is 2. The average molecular weight is 363 g/mol. The third kappa shape index (κ3) is 4.18. The Balaban J connectivity index is 1.72. The molecule has 0 bridgehead atoms. The number of rotatable bonds is 5. The van der Waals surface area contributed by atoms with Crippen LogP contribution < -0.4 is 21.5 Å². The van der Waals surface area contributed by atoms with Gasteiger partial charge in [-0.15, -0.1) is 0 Å². The molecule has 3 aromatic rings. The first-order chi connectivity index (χ1) is 12.9. The van der Waals surface area contributed by atoms with Gasteiger partial charge in [0.2, 0.25) is 0 Å². The molecule has 3 rings (SSSR count). The lowest BCUT2D eigenvalue weighted by Crippen LogP contribution is -2.15. The van der Waals surface area contributed by atoms with Crippen LogP contribution in [0.15, 0.2) is 54.7 Å². The molecule has 0 atom stereocenters. The van der Waals surface area contributed by atoms with Gasteiger partial charge >= 0.3 is 0 Å². The van der Waals surface area contributed by atoms with Gasteiger partial charge < -0.3 is 21.5 Å². The maximum atomic E-state index is 12.3. The highest BCUT2D eigenvalue weighted by atomic mass is 16.5. The number of aryl methyl sites for hydroxylation is 1. The van der Waals surface area contributed by atoms with Crippen LogP contribution in [0.5, 0.6) is 11.5 Å². The first-order valence-electron chi connectivity index (χ1n) is 8.01. The lowest BCUT2D eigenvalue weighted by atomic mass is 10.2. The van der Waals surface area contributed by atoms with E-state index in [-0.39, 0.29) is 16.9 Å². The van der Waals surface area contributed by atoms with Gasteiger partial charge in [-0.3, -0.25) is 9.59 Å². The highest BCUT2D eigenvalue weighted by Crippen LogP contribution is 2.26. The zero-order valence-corrected chi connectivity index (χ0v) is 14.5. The van der Waals surface area contributed by atoms with Crippen LogP contribution in [0.1, 0.15) is 26.5 Å². The number of primary amides is 1. The predicted octanol–water partition coefficient (Wildman–Crippen LogP) is 2.51. The van der Waals surface area contributed by atoms with Crippen LogP contribution in [0.2, 0.25) is 0 Å². The summed E-state index contributed by atoms with van der Waals surface area (Å²) in [5, 5.41) is 2.71. The maximum absolute atomic E-state index is 12.3. The molecule has 0 saturated carbocycles. The summed E-state index contributed by atoms with van der Waals surface area (Å²) in [4.78, 5) is 31.7. The Labute approximate surface area is 155 Å². The molecular formula is C19H17N5O3. The van der Waals surface area contributed by atoms with Crippen molar-refractivity contribution < 1.29 is 14.3 Å². The lowest BCUT2D eigenvalue weighted by molar-refractivity contribution is 0.0995. The van der Waals surface area contributed by atoms with E-state index in [1.165, 1.54) is 6.20 Å². The molecule has 0 saturated heterocycles. The zero-order chi connectivity index (χ0) is 19.4. The number of carbonyl (C=O) groups excluding carboxylic acids is 2. The van der Waals surface area contributed by atoms with E-state index in [0.29, 0.717) is 23.0 Å². The van der Waals surface area contributed by atoms with Crippen LogP contribution in [-0.4, -0.2) is 21.8 Å². The molecule has 0 fully saturated rings. The number of nitrogen functional groups attached to an aromatic ring is 1. The number of ether oxygens (including phenoxy) is 1. The number of nitrogens with one attached hydrogen (secondary N) is 1. The SMILES string of the molecule is Cc1ncc(C(=O)Nc2ccc(Oc3ccccc3C(N)=O)cc2)c(N)n1. The Bertz CT molecular complexity index is 1000. The van der Waals surface area contributed by atoms with E-state index in [1.807, 2.05) is 0 Å². The minimum atomic E-state index is -0.576. The summed E-state index contributed by atoms with van der Waals surface area (Å²) in [5.74, 6) is 0.448. The summed E-state index contributed by atoms with van der Waals surface area (Å²) >= 11 is 0. The smallest absolute Gasteiger partial charge is 0.260 e. The Kier molecular flexibility index (Phi) is 4.98. The normalized spacial score (nSPS) is 10.3. The molecule has 0 spiro atoms. The van der Waals surface area contributed by atoms with E-state index in [9.17, 15) is 9.59 Å². The molecule has 2 aromatic carbocycles. The summed E-state index contributed by atoms with van der Waals surface area (Å²) in [6.45, 7) is 1.69. The van der Waals surface area contributed by atoms with Crippen molar-refractivity contribution >= 4 is 23.3 Å². The van der Waals surface area contributed by atoms with Gasteiger partial charge in [0, 0.05) is 11.9 Å². The molecule has 0 unspecified atom stereocenters. The molecule has 0 aliphatic rings. The third-order valence-electron chi connectivity index (χ3n) is 3.68. The average Bonchev–Trinajstić information content (AvgIpc) is 2.63. The summed E-state index contributed by atoms with van der Waals surface area (Å²) < 4.78 is 5.69. The predicted molar refractivity (Wildman–Crippen MR) is 101 cm³/mol. The number of benzene rings is 2. The second-order valence-electron chi connectivity index (χ2n) is 5.66.